The smallest absolute Gasteiger partial charge is 0.107 e. The molecule has 0 radical (unpaired) electrons. The van der Waals surface area contributed by atoms with Crippen LogP contribution in [-0.2, 0) is 5.41 Å². The van der Waals surface area contributed by atoms with Gasteiger partial charge in [-0.3, -0.25) is 0 Å². The lowest BCUT2D eigenvalue weighted by Gasteiger charge is -2.28. The molecule has 0 unspecified atom stereocenters. The van der Waals surface area contributed by atoms with Gasteiger partial charge in [-0.1, -0.05) is 93.8 Å². The van der Waals surface area contributed by atoms with E-state index >= 15 is 0 Å². The molecule has 0 heterocycles. The van der Waals surface area contributed by atoms with E-state index in [1.807, 2.05) is 36.4 Å². The van der Waals surface area contributed by atoms with Crippen molar-refractivity contribution < 1.29 is 0 Å². The SMILES string of the molecule is CCN(CC)CCCCCCC(C#N)(c1ccccc1)c1ccccc1. The quantitative estimate of drug-likeness (QED) is 0.481. The summed E-state index contributed by atoms with van der Waals surface area (Å²) in [7, 11) is 0. The molecule has 2 nitrogen and oxygen atoms in total. The van der Waals surface area contributed by atoms with Crippen molar-refractivity contribution >= 4 is 0 Å². The Kier molecular flexibility index (Phi) is 8.38. The van der Waals surface area contributed by atoms with Crippen molar-refractivity contribution in [2.75, 3.05) is 19.6 Å². The van der Waals surface area contributed by atoms with Gasteiger partial charge in [-0.15, -0.1) is 0 Å². The number of hydrogen-bond acceptors (Lipinski definition) is 2. The first kappa shape index (κ1) is 20.2. The Morgan fingerprint density at radius 2 is 1.27 bits per heavy atom. The molecule has 0 aliphatic rings. The summed E-state index contributed by atoms with van der Waals surface area (Å²) in [5.74, 6) is 0. The van der Waals surface area contributed by atoms with Crippen molar-refractivity contribution in [1.82, 2.24) is 4.90 Å². The zero-order chi connectivity index (χ0) is 18.7. The number of unbranched alkanes of at least 4 members (excludes halogenated alkanes) is 3. The Labute approximate surface area is 159 Å². The second kappa shape index (κ2) is 10.8. The van der Waals surface area contributed by atoms with Crippen molar-refractivity contribution in [3.8, 4) is 6.07 Å². The maximum Gasteiger partial charge on any atom is 0.107 e. The second-order valence-corrected chi connectivity index (χ2v) is 6.94. The van der Waals surface area contributed by atoms with Crippen LogP contribution in [0, 0.1) is 11.3 Å². The molecule has 0 bridgehead atoms. The van der Waals surface area contributed by atoms with E-state index in [0.717, 1.165) is 37.1 Å². The first-order valence-corrected chi connectivity index (χ1v) is 10.0. The summed E-state index contributed by atoms with van der Waals surface area (Å²) >= 11 is 0. The summed E-state index contributed by atoms with van der Waals surface area (Å²) in [5.41, 5.74) is 1.68. The van der Waals surface area contributed by atoms with Crippen molar-refractivity contribution in [3.05, 3.63) is 71.8 Å². The molecule has 0 spiro atoms. The van der Waals surface area contributed by atoms with Crippen LogP contribution in [0.15, 0.2) is 60.7 Å². The van der Waals surface area contributed by atoms with Gasteiger partial charge in [-0.2, -0.15) is 5.26 Å². The van der Waals surface area contributed by atoms with Gasteiger partial charge >= 0.3 is 0 Å². The maximum atomic E-state index is 10.2. The minimum Gasteiger partial charge on any atom is -0.304 e. The van der Waals surface area contributed by atoms with Crippen molar-refractivity contribution in [2.24, 2.45) is 0 Å². The van der Waals surface area contributed by atoms with E-state index in [-0.39, 0.29) is 0 Å². The Hall–Kier alpha value is -2.11. The molecule has 0 fully saturated rings. The highest BCUT2D eigenvalue weighted by molar-refractivity contribution is 5.45. The molecule has 26 heavy (non-hydrogen) atoms. The minimum absolute atomic E-state index is 0.540. The molecule has 138 valence electrons. The Morgan fingerprint density at radius 1 is 0.769 bits per heavy atom. The van der Waals surface area contributed by atoms with E-state index in [9.17, 15) is 5.26 Å². The topological polar surface area (TPSA) is 27.0 Å². The summed E-state index contributed by atoms with van der Waals surface area (Å²) in [6.07, 6.45) is 5.63. The largest absolute Gasteiger partial charge is 0.304 e. The Morgan fingerprint density at radius 3 is 1.73 bits per heavy atom. The monoisotopic (exact) mass is 348 g/mol. The van der Waals surface area contributed by atoms with Gasteiger partial charge in [-0.05, 0) is 43.6 Å². The third-order valence-corrected chi connectivity index (χ3v) is 5.39. The van der Waals surface area contributed by atoms with Gasteiger partial charge in [0.15, 0.2) is 0 Å². The fourth-order valence-electron chi connectivity index (χ4n) is 3.70. The molecule has 0 amide bonds. The molecular formula is C24H32N2. The van der Waals surface area contributed by atoms with Crippen molar-refractivity contribution in [1.29, 1.82) is 5.26 Å². The lowest BCUT2D eigenvalue weighted by Crippen LogP contribution is -2.26. The number of hydrogen-bond donors (Lipinski definition) is 0. The standard InChI is InChI=1S/C24H32N2/c1-3-26(4-2)20-14-6-5-13-19-24(21-25,22-15-9-7-10-16-22)23-17-11-8-12-18-23/h7-12,15-18H,3-6,13-14,19-20H2,1-2H3. The van der Waals surface area contributed by atoms with E-state index in [4.69, 9.17) is 0 Å². The number of rotatable bonds is 11. The Bertz CT molecular complexity index is 614. The van der Waals surface area contributed by atoms with E-state index in [1.165, 1.54) is 25.8 Å². The van der Waals surface area contributed by atoms with Gasteiger partial charge in [0.25, 0.3) is 0 Å². The molecule has 2 aromatic carbocycles. The molecule has 2 rings (SSSR count). The summed E-state index contributed by atoms with van der Waals surface area (Å²) in [5, 5.41) is 10.2. The van der Waals surface area contributed by atoms with Crippen LogP contribution in [0.4, 0.5) is 0 Å². The average molecular weight is 349 g/mol. The number of benzene rings is 2. The molecule has 0 aromatic heterocycles. The van der Waals surface area contributed by atoms with Crippen LogP contribution >= 0.6 is 0 Å². The fraction of sp³-hybridized carbons (Fsp3) is 0.458. The predicted octanol–water partition coefficient (Wildman–Crippen LogP) is 5.79. The van der Waals surface area contributed by atoms with Gasteiger partial charge in [0.05, 0.1) is 6.07 Å². The molecule has 0 atom stereocenters. The number of nitrogens with zero attached hydrogens (tertiary/aromatic N) is 2. The van der Waals surface area contributed by atoms with Crippen molar-refractivity contribution in [3.63, 3.8) is 0 Å². The summed E-state index contributed by atoms with van der Waals surface area (Å²) in [6.45, 7) is 7.91. The maximum absolute atomic E-state index is 10.2. The molecule has 2 aromatic rings. The molecule has 0 saturated heterocycles. The highest BCUT2D eigenvalue weighted by Crippen LogP contribution is 2.36. The third-order valence-electron chi connectivity index (χ3n) is 5.39. The van der Waals surface area contributed by atoms with Gasteiger partial charge in [0.1, 0.15) is 5.41 Å². The van der Waals surface area contributed by atoms with Gasteiger partial charge in [0.2, 0.25) is 0 Å². The third kappa shape index (κ3) is 5.19. The molecule has 0 N–H and O–H groups in total. The van der Waals surface area contributed by atoms with E-state index < -0.39 is 5.41 Å². The normalized spacial score (nSPS) is 11.5. The highest BCUT2D eigenvalue weighted by Gasteiger charge is 2.33. The van der Waals surface area contributed by atoms with E-state index in [2.05, 4.69) is 49.1 Å². The van der Waals surface area contributed by atoms with E-state index in [0.29, 0.717) is 0 Å². The van der Waals surface area contributed by atoms with Crippen LogP contribution < -0.4 is 0 Å². The minimum atomic E-state index is -0.540. The van der Waals surface area contributed by atoms with Gasteiger partial charge in [0, 0.05) is 0 Å². The predicted molar refractivity (Wildman–Crippen MR) is 110 cm³/mol. The second-order valence-electron chi connectivity index (χ2n) is 6.94. The zero-order valence-corrected chi connectivity index (χ0v) is 16.3. The van der Waals surface area contributed by atoms with Crippen LogP contribution in [0.5, 0.6) is 0 Å². The summed E-state index contributed by atoms with van der Waals surface area (Å²) in [6, 6.07) is 23.2. The van der Waals surface area contributed by atoms with Crippen LogP contribution in [0.1, 0.15) is 57.1 Å². The van der Waals surface area contributed by atoms with Crippen LogP contribution in [0.3, 0.4) is 0 Å². The van der Waals surface area contributed by atoms with E-state index in [1.54, 1.807) is 0 Å². The Balaban J connectivity index is 2.01. The lowest BCUT2D eigenvalue weighted by atomic mass is 9.72. The first-order valence-electron chi connectivity index (χ1n) is 10.0. The fourth-order valence-corrected chi connectivity index (χ4v) is 3.70. The molecule has 0 saturated carbocycles. The average Bonchev–Trinajstić information content (AvgIpc) is 2.72. The lowest BCUT2D eigenvalue weighted by molar-refractivity contribution is 0.295. The molecular weight excluding hydrogens is 316 g/mol. The molecule has 0 aliphatic heterocycles. The first-order chi connectivity index (χ1) is 12.8. The van der Waals surface area contributed by atoms with Crippen LogP contribution in [0.2, 0.25) is 0 Å². The molecule has 2 heteroatoms. The highest BCUT2D eigenvalue weighted by atomic mass is 15.1. The van der Waals surface area contributed by atoms with Crippen LogP contribution in [-0.4, -0.2) is 24.5 Å². The molecule has 0 aliphatic carbocycles. The summed E-state index contributed by atoms with van der Waals surface area (Å²) in [4.78, 5) is 2.48. The van der Waals surface area contributed by atoms with Gasteiger partial charge < -0.3 is 4.90 Å². The summed E-state index contributed by atoms with van der Waals surface area (Å²) < 4.78 is 0. The van der Waals surface area contributed by atoms with Gasteiger partial charge in [-0.25, -0.2) is 0 Å². The van der Waals surface area contributed by atoms with Crippen molar-refractivity contribution in [2.45, 2.75) is 51.4 Å². The number of nitriles is 1. The zero-order valence-electron chi connectivity index (χ0n) is 16.3. The van der Waals surface area contributed by atoms with Crippen LogP contribution in [0.25, 0.3) is 0 Å².